The molecule has 132 valence electrons. The lowest BCUT2D eigenvalue weighted by molar-refractivity contribution is 0.102. The summed E-state index contributed by atoms with van der Waals surface area (Å²) >= 11 is 6.10. The average molecular weight is 362 g/mol. The number of nitrogens with one attached hydrogen (secondary N) is 1. The molecule has 2 aromatic carbocycles. The van der Waals surface area contributed by atoms with E-state index in [1.54, 1.807) is 18.2 Å². The van der Waals surface area contributed by atoms with Crippen molar-refractivity contribution in [2.75, 3.05) is 19.5 Å². The first-order valence-corrected chi connectivity index (χ1v) is 8.36. The SMILES string of the molecule is COc1cc(NC(=O)c2cccc3c2OC(C)C3C)c(OC)cc1Cl. The van der Waals surface area contributed by atoms with Crippen LogP contribution in [0.4, 0.5) is 5.69 Å². The third-order valence-electron chi connectivity index (χ3n) is 4.51. The Morgan fingerprint density at radius 3 is 2.56 bits per heavy atom. The molecule has 2 unspecified atom stereocenters. The lowest BCUT2D eigenvalue weighted by Crippen LogP contribution is -2.15. The lowest BCUT2D eigenvalue weighted by atomic mass is 9.97. The van der Waals surface area contributed by atoms with Gasteiger partial charge in [0.05, 0.1) is 30.5 Å². The zero-order chi connectivity index (χ0) is 18.1. The van der Waals surface area contributed by atoms with Crippen molar-refractivity contribution >= 4 is 23.2 Å². The number of benzene rings is 2. The molecule has 0 aliphatic carbocycles. The number of amides is 1. The van der Waals surface area contributed by atoms with E-state index in [0.717, 1.165) is 5.56 Å². The van der Waals surface area contributed by atoms with Gasteiger partial charge in [0, 0.05) is 23.6 Å². The molecule has 2 aromatic rings. The number of hydrogen-bond donors (Lipinski definition) is 1. The summed E-state index contributed by atoms with van der Waals surface area (Å²) in [5.74, 6) is 1.51. The van der Waals surface area contributed by atoms with Gasteiger partial charge >= 0.3 is 0 Å². The van der Waals surface area contributed by atoms with E-state index in [1.165, 1.54) is 14.2 Å². The Kier molecular flexibility index (Phi) is 4.77. The third kappa shape index (κ3) is 3.12. The fraction of sp³-hybridized carbons (Fsp3) is 0.316. The van der Waals surface area contributed by atoms with Gasteiger partial charge in [-0.15, -0.1) is 0 Å². The zero-order valence-electron chi connectivity index (χ0n) is 14.6. The summed E-state index contributed by atoms with van der Waals surface area (Å²) in [5.41, 5.74) is 2.01. The van der Waals surface area contributed by atoms with E-state index in [2.05, 4.69) is 12.2 Å². The predicted octanol–water partition coefficient (Wildman–Crippen LogP) is 4.49. The molecule has 0 spiro atoms. The molecule has 2 atom stereocenters. The van der Waals surface area contributed by atoms with Gasteiger partial charge in [-0.3, -0.25) is 4.79 Å². The lowest BCUT2D eigenvalue weighted by Gasteiger charge is -2.14. The predicted molar refractivity (Wildman–Crippen MR) is 97.5 cm³/mol. The Morgan fingerprint density at radius 1 is 1.16 bits per heavy atom. The van der Waals surface area contributed by atoms with Crippen molar-refractivity contribution in [1.29, 1.82) is 0 Å². The van der Waals surface area contributed by atoms with Crippen LogP contribution in [0.15, 0.2) is 30.3 Å². The highest BCUT2D eigenvalue weighted by Gasteiger charge is 2.31. The Balaban J connectivity index is 1.95. The van der Waals surface area contributed by atoms with Crippen LogP contribution in [0.2, 0.25) is 5.02 Å². The maximum Gasteiger partial charge on any atom is 0.259 e. The number of para-hydroxylation sites is 1. The van der Waals surface area contributed by atoms with Crippen LogP contribution in [0.25, 0.3) is 0 Å². The second-order valence-electron chi connectivity index (χ2n) is 5.98. The van der Waals surface area contributed by atoms with E-state index in [0.29, 0.717) is 33.5 Å². The van der Waals surface area contributed by atoms with Gasteiger partial charge in [-0.2, -0.15) is 0 Å². The second-order valence-corrected chi connectivity index (χ2v) is 6.38. The molecule has 0 fully saturated rings. The summed E-state index contributed by atoms with van der Waals surface area (Å²) in [7, 11) is 3.03. The van der Waals surface area contributed by atoms with Crippen molar-refractivity contribution < 1.29 is 19.0 Å². The van der Waals surface area contributed by atoms with Crippen LogP contribution >= 0.6 is 11.6 Å². The van der Waals surface area contributed by atoms with Gasteiger partial charge in [-0.1, -0.05) is 30.7 Å². The van der Waals surface area contributed by atoms with E-state index < -0.39 is 0 Å². The van der Waals surface area contributed by atoms with E-state index in [4.69, 9.17) is 25.8 Å². The number of anilines is 1. The average Bonchev–Trinajstić information content (AvgIpc) is 2.90. The van der Waals surface area contributed by atoms with Crippen LogP contribution in [-0.4, -0.2) is 26.2 Å². The molecule has 0 radical (unpaired) electrons. The molecule has 1 aliphatic rings. The molecular weight excluding hydrogens is 342 g/mol. The second kappa shape index (κ2) is 6.84. The molecule has 25 heavy (non-hydrogen) atoms. The quantitative estimate of drug-likeness (QED) is 0.871. The van der Waals surface area contributed by atoms with Crippen molar-refractivity contribution in [3.05, 3.63) is 46.5 Å². The first kappa shape index (κ1) is 17.4. The van der Waals surface area contributed by atoms with Crippen molar-refractivity contribution in [2.24, 2.45) is 0 Å². The fourth-order valence-electron chi connectivity index (χ4n) is 2.91. The van der Waals surface area contributed by atoms with Gasteiger partial charge in [-0.05, 0) is 13.0 Å². The Labute approximate surface area is 151 Å². The smallest absolute Gasteiger partial charge is 0.259 e. The van der Waals surface area contributed by atoms with Crippen LogP contribution in [0.5, 0.6) is 17.2 Å². The highest BCUT2D eigenvalue weighted by molar-refractivity contribution is 6.32. The van der Waals surface area contributed by atoms with Crippen LogP contribution in [-0.2, 0) is 0 Å². The fourth-order valence-corrected chi connectivity index (χ4v) is 3.14. The number of fused-ring (bicyclic) bond motifs is 1. The maximum absolute atomic E-state index is 12.8. The Morgan fingerprint density at radius 2 is 1.88 bits per heavy atom. The van der Waals surface area contributed by atoms with Gasteiger partial charge < -0.3 is 19.5 Å². The number of ether oxygens (including phenoxy) is 3. The van der Waals surface area contributed by atoms with E-state index >= 15 is 0 Å². The number of carbonyl (C=O) groups is 1. The molecule has 5 nitrogen and oxygen atoms in total. The van der Waals surface area contributed by atoms with E-state index in [-0.39, 0.29) is 17.9 Å². The minimum atomic E-state index is -0.277. The minimum Gasteiger partial charge on any atom is -0.495 e. The van der Waals surface area contributed by atoms with Crippen LogP contribution in [0.1, 0.15) is 35.7 Å². The molecule has 0 aromatic heterocycles. The Hall–Kier alpha value is -2.40. The van der Waals surface area contributed by atoms with Crippen molar-refractivity contribution in [1.82, 2.24) is 0 Å². The third-order valence-corrected chi connectivity index (χ3v) is 4.81. The standard InChI is InChI=1S/C19H20ClNO4/c1-10-11(2)25-18-12(10)6-5-7-13(18)19(22)21-15-9-16(23-3)14(20)8-17(15)24-4/h5-11H,1-4H3,(H,21,22). The summed E-state index contributed by atoms with van der Waals surface area (Å²) in [4.78, 5) is 12.8. The number of carbonyl (C=O) groups excluding carboxylic acids is 1. The van der Waals surface area contributed by atoms with Crippen molar-refractivity contribution in [3.8, 4) is 17.2 Å². The van der Waals surface area contributed by atoms with Crippen LogP contribution < -0.4 is 19.5 Å². The highest BCUT2D eigenvalue weighted by atomic mass is 35.5. The van der Waals surface area contributed by atoms with Crippen molar-refractivity contribution in [3.63, 3.8) is 0 Å². The van der Waals surface area contributed by atoms with E-state index in [1.807, 2.05) is 19.1 Å². The number of hydrogen-bond acceptors (Lipinski definition) is 4. The molecule has 0 bridgehead atoms. The maximum atomic E-state index is 12.8. The first-order valence-electron chi connectivity index (χ1n) is 7.98. The molecule has 0 saturated carbocycles. The van der Waals surface area contributed by atoms with Crippen molar-refractivity contribution in [2.45, 2.75) is 25.9 Å². The first-order chi connectivity index (χ1) is 12.0. The summed E-state index contributed by atoms with van der Waals surface area (Å²) in [6.45, 7) is 4.09. The monoisotopic (exact) mass is 361 g/mol. The molecule has 0 saturated heterocycles. The normalized spacial score (nSPS) is 18.3. The molecule has 6 heteroatoms. The van der Waals surface area contributed by atoms with Gasteiger partial charge in [0.15, 0.2) is 0 Å². The Bertz CT molecular complexity index is 821. The molecule has 1 amide bonds. The van der Waals surface area contributed by atoms with E-state index in [9.17, 15) is 4.79 Å². The summed E-state index contributed by atoms with van der Waals surface area (Å²) in [6.07, 6.45) is 0.0362. The molecule has 3 rings (SSSR count). The molecule has 1 N–H and O–H groups in total. The summed E-state index contributed by atoms with van der Waals surface area (Å²) in [6, 6.07) is 8.84. The summed E-state index contributed by atoms with van der Waals surface area (Å²) in [5, 5.41) is 3.26. The van der Waals surface area contributed by atoms with Gasteiger partial charge in [0.25, 0.3) is 5.91 Å². The van der Waals surface area contributed by atoms with Gasteiger partial charge in [0.2, 0.25) is 0 Å². The zero-order valence-corrected chi connectivity index (χ0v) is 15.3. The number of methoxy groups -OCH3 is 2. The minimum absolute atomic E-state index is 0.0362. The topological polar surface area (TPSA) is 56.8 Å². The van der Waals surface area contributed by atoms with Gasteiger partial charge in [-0.25, -0.2) is 0 Å². The summed E-state index contributed by atoms with van der Waals surface area (Å²) < 4.78 is 16.4. The molecular formula is C19H20ClNO4. The number of halogens is 1. The molecule has 1 aliphatic heterocycles. The largest absolute Gasteiger partial charge is 0.495 e. The van der Waals surface area contributed by atoms with Gasteiger partial charge in [0.1, 0.15) is 23.4 Å². The van der Waals surface area contributed by atoms with Crippen LogP contribution in [0.3, 0.4) is 0 Å². The van der Waals surface area contributed by atoms with Crippen LogP contribution in [0, 0.1) is 0 Å². The molecule has 1 heterocycles. The highest BCUT2D eigenvalue weighted by Crippen LogP contribution is 2.41. The number of rotatable bonds is 4.